The van der Waals surface area contributed by atoms with Gasteiger partial charge in [-0.15, -0.1) is 0 Å². The molecule has 2 atom stereocenters. The molecule has 30 heavy (non-hydrogen) atoms. The van der Waals surface area contributed by atoms with Gasteiger partial charge in [0.1, 0.15) is 12.0 Å². The summed E-state index contributed by atoms with van der Waals surface area (Å²) in [5.74, 6) is -1.17. The minimum atomic E-state index is -0.589. The van der Waals surface area contributed by atoms with Crippen molar-refractivity contribution in [3.8, 4) is 0 Å². The van der Waals surface area contributed by atoms with Crippen molar-refractivity contribution in [3.63, 3.8) is 0 Å². The highest BCUT2D eigenvalue weighted by atomic mass is 35.5. The third kappa shape index (κ3) is 4.25. The van der Waals surface area contributed by atoms with Gasteiger partial charge in [-0.3, -0.25) is 14.6 Å². The average molecular weight is 428 g/mol. The highest BCUT2D eigenvalue weighted by Crippen LogP contribution is 2.48. The largest absolute Gasteiger partial charge is 0.462 e. The molecule has 1 heterocycles. The number of esters is 1. The summed E-state index contributed by atoms with van der Waals surface area (Å²) in [5.41, 5.74) is 2.97. The van der Waals surface area contributed by atoms with Gasteiger partial charge in [0.2, 0.25) is 0 Å². The van der Waals surface area contributed by atoms with Crippen LogP contribution in [0.2, 0.25) is 5.02 Å². The number of Topliss-reactive ketones (excluding diaryl/α,β-unsaturated/α-hetero) is 1. The predicted molar refractivity (Wildman–Crippen MR) is 119 cm³/mol. The fraction of sp³-hybridized carbons (Fsp3) is 0.560. The Morgan fingerprint density at radius 2 is 1.90 bits per heavy atom. The molecular weight excluding hydrogens is 398 g/mol. The van der Waals surface area contributed by atoms with Gasteiger partial charge in [-0.2, -0.15) is 0 Å². The van der Waals surface area contributed by atoms with Crippen LogP contribution in [0.5, 0.6) is 0 Å². The highest BCUT2D eigenvalue weighted by molar-refractivity contribution is 6.30. The van der Waals surface area contributed by atoms with Crippen molar-refractivity contribution in [1.29, 1.82) is 0 Å². The van der Waals surface area contributed by atoms with Gasteiger partial charge >= 0.3 is 5.97 Å². The normalized spacial score (nSPS) is 26.8. The van der Waals surface area contributed by atoms with Gasteiger partial charge in [-0.25, -0.2) is 0 Å². The van der Waals surface area contributed by atoms with E-state index in [-0.39, 0.29) is 23.3 Å². The summed E-state index contributed by atoms with van der Waals surface area (Å²) < 4.78 is 5.95. The van der Waals surface area contributed by atoms with Gasteiger partial charge in [0.05, 0.1) is 0 Å². The Hall–Kier alpha value is -1.94. The van der Waals surface area contributed by atoms with Crippen molar-refractivity contribution in [2.24, 2.45) is 16.3 Å². The number of halogens is 1. The number of aliphatic imine (C=N–C) groups is 1. The SMILES string of the molecule is CC1=NC2=C(C(=O)CC(C)(C)C2)[C@@H](c2cccc(Cl)c2)C1C(=O)OC1CCCCC1. The minimum Gasteiger partial charge on any atom is -0.462 e. The molecule has 4 rings (SSSR count). The van der Waals surface area contributed by atoms with Crippen molar-refractivity contribution in [3.05, 3.63) is 46.1 Å². The third-order valence-electron chi connectivity index (χ3n) is 6.60. The number of carbonyl (C=O) groups is 2. The van der Waals surface area contributed by atoms with Gasteiger partial charge in [0.25, 0.3) is 0 Å². The lowest BCUT2D eigenvalue weighted by atomic mass is 9.67. The molecule has 1 saturated carbocycles. The lowest BCUT2D eigenvalue weighted by molar-refractivity contribution is -0.153. The first-order valence-electron chi connectivity index (χ1n) is 11.0. The molecule has 2 aliphatic carbocycles. The van der Waals surface area contributed by atoms with E-state index in [9.17, 15) is 9.59 Å². The zero-order valence-electron chi connectivity index (χ0n) is 18.0. The number of benzene rings is 1. The molecule has 1 fully saturated rings. The molecule has 1 unspecified atom stereocenters. The van der Waals surface area contributed by atoms with Crippen LogP contribution in [0.15, 0.2) is 40.5 Å². The smallest absolute Gasteiger partial charge is 0.315 e. The Morgan fingerprint density at radius 1 is 1.17 bits per heavy atom. The van der Waals surface area contributed by atoms with Gasteiger partial charge < -0.3 is 4.74 Å². The van der Waals surface area contributed by atoms with E-state index in [0.717, 1.165) is 49.1 Å². The fourth-order valence-electron chi connectivity index (χ4n) is 5.23. The molecule has 0 amide bonds. The van der Waals surface area contributed by atoms with E-state index < -0.39 is 11.8 Å². The molecule has 0 aromatic heterocycles. The summed E-state index contributed by atoms with van der Waals surface area (Å²) >= 11 is 6.29. The molecule has 0 N–H and O–H groups in total. The van der Waals surface area contributed by atoms with Crippen LogP contribution in [0.25, 0.3) is 0 Å². The van der Waals surface area contributed by atoms with Crippen LogP contribution < -0.4 is 0 Å². The van der Waals surface area contributed by atoms with Gasteiger partial charge in [0, 0.05) is 34.3 Å². The number of rotatable bonds is 3. The van der Waals surface area contributed by atoms with Gasteiger partial charge in [0.15, 0.2) is 5.78 Å². The number of ketones is 1. The second-order valence-corrected chi connectivity index (χ2v) is 10.2. The van der Waals surface area contributed by atoms with Gasteiger partial charge in [-0.1, -0.05) is 44.0 Å². The van der Waals surface area contributed by atoms with Crippen molar-refractivity contribution >= 4 is 29.1 Å². The molecule has 5 heteroatoms. The summed E-state index contributed by atoms with van der Waals surface area (Å²) in [7, 11) is 0. The number of hydrogen-bond donors (Lipinski definition) is 0. The van der Waals surface area contributed by atoms with E-state index in [1.807, 2.05) is 31.2 Å². The van der Waals surface area contributed by atoms with E-state index in [1.54, 1.807) is 0 Å². The second-order valence-electron chi connectivity index (χ2n) is 9.76. The molecule has 4 nitrogen and oxygen atoms in total. The Morgan fingerprint density at radius 3 is 2.60 bits per heavy atom. The topological polar surface area (TPSA) is 55.7 Å². The summed E-state index contributed by atoms with van der Waals surface area (Å²) in [6.07, 6.45) is 6.37. The quantitative estimate of drug-likeness (QED) is 0.553. The number of ether oxygens (including phenoxy) is 1. The number of hydrogen-bond acceptors (Lipinski definition) is 4. The zero-order chi connectivity index (χ0) is 21.5. The highest BCUT2D eigenvalue weighted by Gasteiger charge is 2.46. The lowest BCUT2D eigenvalue weighted by Gasteiger charge is -2.39. The first-order valence-corrected chi connectivity index (χ1v) is 11.4. The first kappa shape index (κ1) is 21.3. The molecule has 0 saturated heterocycles. The lowest BCUT2D eigenvalue weighted by Crippen LogP contribution is -2.40. The zero-order valence-corrected chi connectivity index (χ0v) is 18.8. The maximum Gasteiger partial charge on any atom is 0.315 e. The molecule has 160 valence electrons. The molecule has 0 bridgehead atoms. The predicted octanol–water partition coefficient (Wildman–Crippen LogP) is 6.03. The molecular formula is C25H30ClNO3. The van der Waals surface area contributed by atoms with Crippen LogP contribution in [0.4, 0.5) is 0 Å². The minimum absolute atomic E-state index is 0.0320. The Labute approximate surface area is 183 Å². The molecule has 1 aromatic carbocycles. The van der Waals surface area contributed by atoms with E-state index in [4.69, 9.17) is 21.3 Å². The molecule has 3 aliphatic rings. The van der Waals surface area contributed by atoms with Crippen molar-refractivity contribution < 1.29 is 14.3 Å². The second kappa shape index (κ2) is 8.30. The standard InChI is InChI=1S/C25H30ClNO3/c1-15-21(24(29)30-18-10-5-4-6-11-18)22(16-8-7-9-17(26)12-16)23-19(27-15)13-25(2,3)14-20(23)28/h7-9,12,18,21-22H,4-6,10-11,13-14H2,1-3H3/t21?,22-/m0/s1. The third-order valence-corrected chi connectivity index (χ3v) is 6.83. The maximum absolute atomic E-state index is 13.4. The summed E-state index contributed by atoms with van der Waals surface area (Å²) in [4.78, 5) is 31.4. The van der Waals surface area contributed by atoms with Crippen molar-refractivity contribution in [1.82, 2.24) is 0 Å². The number of nitrogens with zero attached hydrogens (tertiary/aromatic N) is 1. The molecule has 0 radical (unpaired) electrons. The number of carbonyl (C=O) groups excluding carboxylic acids is 2. The van der Waals surface area contributed by atoms with E-state index in [0.29, 0.717) is 17.0 Å². The number of allylic oxidation sites excluding steroid dienone is 2. The van der Waals surface area contributed by atoms with Crippen LogP contribution in [-0.4, -0.2) is 23.6 Å². The van der Waals surface area contributed by atoms with Crippen LogP contribution in [-0.2, 0) is 14.3 Å². The summed E-state index contributed by atoms with van der Waals surface area (Å²) in [5, 5.41) is 0.595. The van der Waals surface area contributed by atoms with E-state index >= 15 is 0 Å². The summed E-state index contributed by atoms with van der Waals surface area (Å²) in [6.45, 7) is 6.08. The van der Waals surface area contributed by atoms with Crippen LogP contribution >= 0.6 is 11.6 Å². The molecule has 0 spiro atoms. The average Bonchev–Trinajstić information content (AvgIpc) is 2.66. The van der Waals surface area contributed by atoms with Gasteiger partial charge in [-0.05, 0) is 62.1 Å². The van der Waals surface area contributed by atoms with E-state index in [2.05, 4.69) is 13.8 Å². The summed E-state index contributed by atoms with van der Waals surface area (Å²) in [6, 6.07) is 7.50. The van der Waals surface area contributed by atoms with E-state index in [1.165, 1.54) is 6.42 Å². The van der Waals surface area contributed by atoms with Crippen molar-refractivity contribution in [2.75, 3.05) is 0 Å². The van der Waals surface area contributed by atoms with Crippen LogP contribution in [0.3, 0.4) is 0 Å². The van der Waals surface area contributed by atoms with Crippen LogP contribution in [0.1, 0.15) is 77.2 Å². The Balaban J connectivity index is 1.75. The first-order chi connectivity index (χ1) is 14.2. The maximum atomic E-state index is 13.4. The monoisotopic (exact) mass is 427 g/mol. The van der Waals surface area contributed by atoms with Crippen molar-refractivity contribution in [2.45, 2.75) is 77.7 Å². The Kier molecular flexibility index (Phi) is 5.89. The fourth-order valence-corrected chi connectivity index (χ4v) is 5.43. The molecule has 1 aliphatic heterocycles. The molecule has 1 aromatic rings. The Bertz CT molecular complexity index is 924. The van der Waals surface area contributed by atoms with Crippen LogP contribution in [0, 0.1) is 11.3 Å².